The lowest BCUT2D eigenvalue weighted by Crippen LogP contribution is -2.33. The molecule has 1 rings (SSSR count). The fraction of sp³-hybridized carbons (Fsp3) is 0.667. The van der Waals surface area contributed by atoms with E-state index < -0.39 is 9.92 Å². The van der Waals surface area contributed by atoms with Crippen molar-refractivity contribution in [2.24, 2.45) is 0 Å². The second kappa shape index (κ2) is 3.25. The minimum atomic E-state index is -2.50. The molecular formula is C6H11BrN2OS. The molecule has 5 heteroatoms. The van der Waals surface area contributed by atoms with Crippen molar-refractivity contribution < 1.29 is 4.21 Å². The largest absolute Gasteiger partial charge is 0.240 e. The van der Waals surface area contributed by atoms with Gasteiger partial charge in [-0.2, -0.15) is 0 Å². The quantitative estimate of drug-likeness (QED) is 0.741. The predicted molar refractivity (Wildman–Crippen MR) is 50.0 cm³/mol. The average molecular weight is 239 g/mol. The second-order valence-electron chi connectivity index (χ2n) is 2.61. The van der Waals surface area contributed by atoms with E-state index in [4.69, 9.17) is 4.78 Å². The van der Waals surface area contributed by atoms with Gasteiger partial charge in [0.25, 0.3) is 0 Å². The fourth-order valence-corrected chi connectivity index (χ4v) is 2.51. The van der Waals surface area contributed by atoms with Gasteiger partial charge in [0.1, 0.15) is 9.92 Å². The molecule has 0 radical (unpaired) electrons. The summed E-state index contributed by atoms with van der Waals surface area (Å²) in [7, 11) is -2.50. The maximum absolute atomic E-state index is 11.2. The first-order valence-corrected chi connectivity index (χ1v) is 6.05. The van der Waals surface area contributed by atoms with Crippen molar-refractivity contribution in [3.63, 3.8) is 0 Å². The zero-order valence-corrected chi connectivity index (χ0v) is 8.74. The highest BCUT2D eigenvalue weighted by Crippen LogP contribution is 2.16. The molecule has 1 N–H and O–H groups in total. The van der Waals surface area contributed by atoms with E-state index >= 15 is 0 Å². The highest BCUT2D eigenvalue weighted by atomic mass is 79.9. The summed E-state index contributed by atoms with van der Waals surface area (Å²) in [6, 6.07) is 0. The molecule has 1 aliphatic heterocycles. The molecule has 0 saturated heterocycles. The van der Waals surface area contributed by atoms with Crippen LogP contribution < -0.4 is 0 Å². The van der Waals surface area contributed by atoms with E-state index in [1.54, 1.807) is 4.31 Å². The topological polar surface area (TPSA) is 44.2 Å². The van der Waals surface area contributed by atoms with Gasteiger partial charge in [-0.05, 0) is 6.42 Å². The maximum atomic E-state index is 11.2. The third kappa shape index (κ3) is 2.57. The van der Waals surface area contributed by atoms with Crippen molar-refractivity contribution in [3.8, 4) is 0 Å². The minimum Gasteiger partial charge on any atom is -0.240 e. The SMILES string of the molecule is CS(=N)(=O)N1CCC=C(Br)C1. The smallest absolute Gasteiger partial charge is 0.105 e. The van der Waals surface area contributed by atoms with Gasteiger partial charge in [0, 0.05) is 23.8 Å². The van der Waals surface area contributed by atoms with Crippen LogP contribution in [0.4, 0.5) is 0 Å². The molecule has 1 heterocycles. The molecule has 1 aliphatic rings. The lowest BCUT2D eigenvalue weighted by molar-refractivity contribution is 0.470. The average Bonchev–Trinajstić information content (AvgIpc) is 1.86. The zero-order valence-electron chi connectivity index (χ0n) is 6.34. The third-order valence-electron chi connectivity index (χ3n) is 1.56. The van der Waals surface area contributed by atoms with Gasteiger partial charge in [0.2, 0.25) is 0 Å². The Kier molecular flexibility index (Phi) is 2.72. The van der Waals surface area contributed by atoms with Crippen molar-refractivity contribution >= 4 is 25.8 Å². The van der Waals surface area contributed by atoms with Crippen LogP contribution in [0, 0.1) is 4.78 Å². The van der Waals surface area contributed by atoms with Gasteiger partial charge < -0.3 is 0 Å². The molecule has 3 nitrogen and oxygen atoms in total. The lowest BCUT2D eigenvalue weighted by Gasteiger charge is -2.24. The Hall–Kier alpha value is 0.130. The minimum absolute atomic E-state index is 0.610. The highest BCUT2D eigenvalue weighted by Gasteiger charge is 2.16. The van der Waals surface area contributed by atoms with Crippen molar-refractivity contribution in [3.05, 3.63) is 10.6 Å². The first kappa shape index (κ1) is 9.22. The van der Waals surface area contributed by atoms with Gasteiger partial charge in [-0.3, -0.25) is 0 Å². The van der Waals surface area contributed by atoms with Crippen LogP contribution in [0.1, 0.15) is 6.42 Å². The van der Waals surface area contributed by atoms with Crippen LogP contribution in [0.5, 0.6) is 0 Å². The Balaban J connectivity index is 2.73. The molecule has 0 saturated carbocycles. The normalized spacial score (nSPS) is 25.8. The van der Waals surface area contributed by atoms with Crippen LogP contribution in [0.25, 0.3) is 0 Å². The Morgan fingerprint density at radius 1 is 1.82 bits per heavy atom. The summed E-state index contributed by atoms with van der Waals surface area (Å²) in [5.41, 5.74) is 0. The van der Waals surface area contributed by atoms with E-state index in [0.29, 0.717) is 6.54 Å². The van der Waals surface area contributed by atoms with E-state index in [2.05, 4.69) is 22.0 Å². The molecule has 0 spiro atoms. The fourth-order valence-electron chi connectivity index (χ4n) is 0.975. The molecule has 1 atom stereocenters. The molecule has 64 valence electrons. The standard InChI is InChI=1S/C6H11BrN2OS/c1-11(8,10)9-4-2-3-6(7)5-9/h3,8H,2,4-5H2,1H3. The van der Waals surface area contributed by atoms with Crippen LogP contribution >= 0.6 is 15.9 Å². The summed E-state index contributed by atoms with van der Waals surface area (Å²) in [6.07, 6.45) is 4.39. The Labute approximate surface area is 75.7 Å². The molecule has 0 aromatic rings. The van der Waals surface area contributed by atoms with E-state index in [0.717, 1.165) is 17.4 Å². The Morgan fingerprint density at radius 3 is 2.82 bits per heavy atom. The first-order chi connectivity index (χ1) is 5.00. The molecule has 0 bridgehead atoms. The monoisotopic (exact) mass is 238 g/mol. The highest BCUT2D eigenvalue weighted by molar-refractivity contribution is 9.11. The number of halogens is 1. The number of nitrogens with one attached hydrogen (secondary N) is 1. The third-order valence-corrected chi connectivity index (χ3v) is 3.44. The first-order valence-electron chi connectivity index (χ1n) is 3.33. The summed E-state index contributed by atoms with van der Waals surface area (Å²) in [5, 5.41) is 0. The second-order valence-corrected chi connectivity index (χ2v) is 5.75. The molecule has 11 heavy (non-hydrogen) atoms. The van der Waals surface area contributed by atoms with E-state index in [1.807, 2.05) is 0 Å². The van der Waals surface area contributed by atoms with Gasteiger partial charge in [-0.25, -0.2) is 13.3 Å². The van der Waals surface area contributed by atoms with E-state index in [9.17, 15) is 4.21 Å². The number of rotatable bonds is 1. The molecule has 0 amide bonds. The van der Waals surface area contributed by atoms with Gasteiger partial charge in [0.15, 0.2) is 0 Å². The summed E-state index contributed by atoms with van der Waals surface area (Å²) < 4.78 is 21.3. The van der Waals surface area contributed by atoms with Gasteiger partial charge in [-0.1, -0.05) is 22.0 Å². The van der Waals surface area contributed by atoms with Crippen LogP contribution in [-0.4, -0.2) is 27.9 Å². The van der Waals surface area contributed by atoms with E-state index in [1.165, 1.54) is 6.26 Å². The summed E-state index contributed by atoms with van der Waals surface area (Å²) in [4.78, 5) is 0. The zero-order chi connectivity index (χ0) is 8.48. The number of hydrogen-bond acceptors (Lipinski definition) is 2. The van der Waals surface area contributed by atoms with Crippen molar-refractivity contribution in [2.45, 2.75) is 6.42 Å². The molecular weight excluding hydrogens is 228 g/mol. The molecule has 0 aromatic carbocycles. The van der Waals surface area contributed by atoms with Crippen LogP contribution in [-0.2, 0) is 9.92 Å². The lowest BCUT2D eigenvalue weighted by atomic mass is 10.3. The van der Waals surface area contributed by atoms with Crippen LogP contribution in [0.3, 0.4) is 0 Å². The molecule has 0 fully saturated rings. The Morgan fingerprint density at radius 2 is 2.45 bits per heavy atom. The molecule has 0 aliphatic carbocycles. The predicted octanol–water partition coefficient (Wildman–Crippen LogP) is 1.56. The van der Waals surface area contributed by atoms with Crippen molar-refractivity contribution in [1.82, 2.24) is 4.31 Å². The molecule has 0 aromatic heterocycles. The van der Waals surface area contributed by atoms with E-state index in [-0.39, 0.29) is 0 Å². The summed E-state index contributed by atoms with van der Waals surface area (Å²) in [6.45, 7) is 1.34. The Bertz CT molecular complexity index is 270. The van der Waals surface area contributed by atoms with Crippen molar-refractivity contribution in [2.75, 3.05) is 19.3 Å². The van der Waals surface area contributed by atoms with Gasteiger partial charge in [-0.15, -0.1) is 0 Å². The molecule has 1 unspecified atom stereocenters. The van der Waals surface area contributed by atoms with Gasteiger partial charge in [0.05, 0.1) is 0 Å². The summed E-state index contributed by atoms with van der Waals surface area (Å²) in [5.74, 6) is 0. The van der Waals surface area contributed by atoms with Crippen LogP contribution in [0.2, 0.25) is 0 Å². The van der Waals surface area contributed by atoms with Gasteiger partial charge >= 0.3 is 0 Å². The van der Waals surface area contributed by atoms with Crippen molar-refractivity contribution in [1.29, 1.82) is 4.78 Å². The maximum Gasteiger partial charge on any atom is 0.105 e. The number of hydrogen-bond donors (Lipinski definition) is 1. The number of nitrogens with zero attached hydrogens (tertiary/aromatic N) is 1. The van der Waals surface area contributed by atoms with Crippen LogP contribution in [0.15, 0.2) is 10.6 Å². The summed E-state index contributed by atoms with van der Waals surface area (Å²) >= 11 is 3.33.